The van der Waals surface area contributed by atoms with Gasteiger partial charge in [0.25, 0.3) is 0 Å². The molecule has 0 bridgehead atoms. The van der Waals surface area contributed by atoms with Gasteiger partial charge in [0.2, 0.25) is 0 Å². The summed E-state index contributed by atoms with van der Waals surface area (Å²) in [5, 5.41) is 0.158. The minimum Gasteiger partial charge on any atom is -0.250 e. The summed E-state index contributed by atoms with van der Waals surface area (Å²) in [6.07, 6.45) is -3.06. The first-order valence-corrected chi connectivity index (χ1v) is 5.42. The molecule has 0 radical (unpaired) electrons. The van der Waals surface area contributed by atoms with Gasteiger partial charge in [-0.25, -0.2) is 4.98 Å². The van der Waals surface area contributed by atoms with E-state index in [2.05, 4.69) is 20.9 Å². The van der Waals surface area contributed by atoms with E-state index in [4.69, 9.17) is 0 Å². The van der Waals surface area contributed by atoms with Crippen molar-refractivity contribution >= 4 is 38.5 Å². The smallest absolute Gasteiger partial charge is 0.250 e. The number of rotatable bonds is 1. The van der Waals surface area contributed by atoms with Crippen LogP contribution in [0.4, 0.5) is 13.2 Å². The monoisotopic (exact) mass is 365 g/mol. The molecular formula is C7H4BrF3IN. The summed E-state index contributed by atoms with van der Waals surface area (Å²) < 4.78 is 37.4. The maximum atomic E-state index is 12.4. The summed E-state index contributed by atoms with van der Waals surface area (Å²) in [4.78, 5) is 3.78. The van der Waals surface area contributed by atoms with Crippen LogP contribution >= 0.6 is 38.5 Å². The van der Waals surface area contributed by atoms with Gasteiger partial charge < -0.3 is 0 Å². The molecule has 0 spiro atoms. The Bertz CT molecular complexity index is 313. The quantitative estimate of drug-likeness (QED) is 0.421. The Kier molecular flexibility index (Phi) is 3.56. The van der Waals surface area contributed by atoms with E-state index in [1.165, 1.54) is 6.20 Å². The van der Waals surface area contributed by atoms with Crippen LogP contribution in [0.1, 0.15) is 11.1 Å². The Morgan fingerprint density at radius 3 is 2.54 bits per heavy atom. The zero-order valence-corrected chi connectivity index (χ0v) is 9.94. The summed E-state index contributed by atoms with van der Waals surface area (Å²) in [6.45, 7) is 0. The van der Waals surface area contributed by atoms with Gasteiger partial charge in [-0.15, -0.1) is 0 Å². The van der Waals surface area contributed by atoms with Crippen molar-refractivity contribution in [2.75, 3.05) is 0 Å². The van der Waals surface area contributed by atoms with Crippen molar-refractivity contribution in [3.05, 3.63) is 27.1 Å². The second-order valence-corrected chi connectivity index (χ2v) is 3.96. The van der Waals surface area contributed by atoms with Crippen LogP contribution in [0.15, 0.2) is 12.3 Å². The molecule has 72 valence electrons. The predicted octanol–water partition coefficient (Wildman–Crippen LogP) is 3.60. The lowest BCUT2D eigenvalue weighted by molar-refractivity contribution is -0.138. The van der Waals surface area contributed by atoms with Crippen molar-refractivity contribution in [2.45, 2.75) is 11.5 Å². The summed E-state index contributed by atoms with van der Waals surface area (Å²) in [7, 11) is 0. The van der Waals surface area contributed by atoms with Crippen LogP contribution in [0.3, 0.4) is 0 Å². The third-order valence-electron chi connectivity index (χ3n) is 1.40. The van der Waals surface area contributed by atoms with Crippen molar-refractivity contribution in [2.24, 2.45) is 0 Å². The van der Waals surface area contributed by atoms with Gasteiger partial charge in [-0.3, -0.25) is 0 Å². The number of pyridine rings is 1. The largest absolute Gasteiger partial charge is 0.416 e. The van der Waals surface area contributed by atoms with E-state index in [1.54, 1.807) is 22.6 Å². The first kappa shape index (κ1) is 11.2. The highest BCUT2D eigenvalue weighted by Gasteiger charge is 2.33. The van der Waals surface area contributed by atoms with Crippen LogP contribution in [0.25, 0.3) is 0 Å². The molecule has 1 heterocycles. The van der Waals surface area contributed by atoms with Crippen molar-refractivity contribution in [1.29, 1.82) is 0 Å². The molecular weight excluding hydrogens is 362 g/mol. The summed E-state index contributed by atoms with van der Waals surface area (Å²) >= 11 is 4.73. The zero-order chi connectivity index (χ0) is 10.1. The maximum absolute atomic E-state index is 12.4. The van der Waals surface area contributed by atoms with Gasteiger partial charge in [-0.05, 0) is 34.2 Å². The molecule has 6 heteroatoms. The van der Waals surface area contributed by atoms with Gasteiger partial charge in [0.05, 0.1) is 5.56 Å². The Morgan fingerprint density at radius 2 is 2.08 bits per heavy atom. The molecule has 1 aromatic heterocycles. The molecule has 0 N–H and O–H groups in total. The minimum absolute atomic E-state index is 0.158. The Morgan fingerprint density at radius 1 is 1.46 bits per heavy atom. The second-order valence-electron chi connectivity index (χ2n) is 2.30. The molecule has 0 aliphatic carbocycles. The first-order valence-electron chi connectivity index (χ1n) is 3.22. The third-order valence-corrected chi connectivity index (χ3v) is 2.60. The zero-order valence-electron chi connectivity index (χ0n) is 6.20. The molecule has 0 saturated carbocycles. The second kappa shape index (κ2) is 4.12. The molecule has 1 aromatic rings. The first-order chi connectivity index (χ1) is 5.95. The van der Waals surface area contributed by atoms with E-state index >= 15 is 0 Å². The highest BCUT2D eigenvalue weighted by Crippen LogP contribution is 2.33. The van der Waals surface area contributed by atoms with Crippen LogP contribution < -0.4 is 0 Å². The average molecular weight is 366 g/mol. The van der Waals surface area contributed by atoms with Gasteiger partial charge in [0.1, 0.15) is 3.70 Å². The topological polar surface area (TPSA) is 12.9 Å². The van der Waals surface area contributed by atoms with Gasteiger partial charge >= 0.3 is 6.18 Å². The lowest BCUT2D eigenvalue weighted by atomic mass is 10.1. The molecule has 0 saturated heterocycles. The standard InChI is InChI=1S/C7H4BrF3IN/c8-2-4-3-13-6(12)1-5(4)7(9,10)11/h1,3H,2H2. The van der Waals surface area contributed by atoms with Crippen LogP contribution in [0, 0.1) is 3.70 Å². The van der Waals surface area contributed by atoms with Gasteiger partial charge in [-0.2, -0.15) is 13.2 Å². The molecule has 0 aromatic carbocycles. The van der Waals surface area contributed by atoms with Gasteiger partial charge in [0, 0.05) is 11.5 Å². The summed E-state index contributed by atoms with van der Waals surface area (Å²) in [6, 6.07) is 1.04. The number of aromatic nitrogens is 1. The Labute approximate surface area is 95.0 Å². The number of hydrogen-bond donors (Lipinski definition) is 0. The van der Waals surface area contributed by atoms with Crippen LogP contribution in [0.2, 0.25) is 0 Å². The molecule has 1 nitrogen and oxygen atoms in total. The lowest BCUT2D eigenvalue weighted by Gasteiger charge is -2.10. The molecule has 1 rings (SSSR count). The number of halogens is 5. The van der Waals surface area contributed by atoms with Gasteiger partial charge in [0.15, 0.2) is 0 Å². The number of nitrogens with zero attached hydrogens (tertiary/aromatic N) is 1. The molecule has 0 aliphatic rings. The van der Waals surface area contributed by atoms with Crippen molar-refractivity contribution in [3.63, 3.8) is 0 Å². The van der Waals surface area contributed by atoms with E-state index in [-0.39, 0.29) is 10.9 Å². The molecule has 0 atom stereocenters. The SMILES string of the molecule is FC(F)(F)c1cc(I)ncc1CBr. The summed E-state index contributed by atoms with van der Waals surface area (Å²) in [5.41, 5.74) is -0.461. The maximum Gasteiger partial charge on any atom is 0.416 e. The third kappa shape index (κ3) is 2.80. The molecule has 13 heavy (non-hydrogen) atoms. The van der Waals surface area contributed by atoms with Crippen molar-refractivity contribution in [3.8, 4) is 0 Å². The fraction of sp³-hybridized carbons (Fsp3) is 0.286. The van der Waals surface area contributed by atoms with E-state index < -0.39 is 11.7 Å². The van der Waals surface area contributed by atoms with Gasteiger partial charge in [-0.1, -0.05) is 15.9 Å². The average Bonchev–Trinajstić information content (AvgIpc) is 2.03. The molecule has 0 aliphatic heterocycles. The number of alkyl halides is 4. The van der Waals surface area contributed by atoms with E-state index in [0.717, 1.165) is 6.07 Å². The Hall–Kier alpha value is 0.150. The van der Waals surface area contributed by atoms with E-state index in [0.29, 0.717) is 3.70 Å². The highest BCUT2D eigenvalue weighted by atomic mass is 127. The van der Waals surface area contributed by atoms with Crippen molar-refractivity contribution in [1.82, 2.24) is 4.98 Å². The van der Waals surface area contributed by atoms with Crippen LogP contribution in [-0.2, 0) is 11.5 Å². The van der Waals surface area contributed by atoms with E-state index in [9.17, 15) is 13.2 Å². The van der Waals surface area contributed by atoms with Crippen LogP contribution in [0.5, 0.6) is 0 Å². The van der Waals surface area contributed by atoms with E-state index in [1.807, 2.05) is 0 Å². The lowest BCUT2D eigenvalue weighted by Crippen LogP contribution is -2.09. The number of hydrogen-bond acceptors (Lipinski definition) is 1. The van der Waals surface area contributed by atoms with Crippen molar-refractivity contribution < 1.29 is 13.2 Å². The molecule has 0 fully saturated rings. The summed E-state index contributed by atoms with van der Waals surface area (Å²) in [5.74, 6) is 0. The molecule has 0 amide bonds. The fourth-order valence-electron chi connectivity index (χ4n) is 0.829. The minimum atomic E-state index is -4.30. The molecule has 0 unspecified atom stereocenters. The normalized spacial score (nSPS) is 11.8. The fourth-order valence-corrected chi connectivity index (χ4v) is 1.73. The Balaban J connectivity index is 3.24. The van der Waals surface area contributed by atoms with Crippen LogP contribution in [-0.4, -0.2) is 4.98 Å². The highest BCUT2D eigenvalue weighted by molar-refractivity contribution is 14.1. The predicted molar refractivity (Wildman–Crippen MR) is 54.6 cm³/mol.